The molecule has 7 heteroatoms. The number of nitrogens with one attached hydrogen (secondary N) is 2. The highest BCUT2D eigenvalue weighted by Gasteiger charge is 2.26. The van der Waals surface area contributed by atoms with Crippen molar-refractivity contribution in [3.8, 4) is 0 Å². The molecule has 0 spiro atoms. The summed E-state index contributed by atoms with van der Waals surface area (Å²) < 4.78 is 0.809. The van der Waals surface area contributed by atoms with E-state index >= 15 is 0 Å². The number of thiophene rings is 1. The van der Waals surface area contributed by atoms with Crippen LogP contribution in [-0.2, 0) is 16.0 Å². The van der Waals surface area contributed by atoms with Crippen molar-refractivity contribution in [2.75, 3.05) is 25.0 Å². The summed E-state index contributed by atoms with van der Waals surface area (Å²) in [6, 6.07) is 9.74. The molecular weight excluding hydrogens is 402 g/mol. The highest BCUT2D eigenvalue weighted by atomic mass is 79.9. The van der Waals surface area contributed by atoms with Gasteiger partial charge in [0.05, 0.1) is 18.8 Å². The van der Waals surface area contributed by atoms with Crippen LogP contribution in [0.5, 0.6) is 0 Å². The topological polar surface area (TPSA) is 61.4 Å². The van der Waals surface area contributed by atoms with Crippen molar-refractivity contribution < 1.29 is 9.59 Å². The van der Waals surface area contributed by atoms with Gasteiger partial charge in [-0.1, -0.05) is 12.1 Å². The average Bonchev–Trinajstić information content (AvgIpc) is 3.07. The van der Waals surface area contributed by atoms with Crippen LogP contribution >= 0.6 is 27.3 Å². The third-order valence-electron chi connectivity index (χ3n) is 4.34. The fourth-order valence-corrected chi connectivity index (χ4v) is 4.30. The molecule has 0 saturated carbocycles. The van der Waals surface area contributed by atoms with Crippen LogP contribution in [0.15, 0.2) is 40.2 Å². The number of fused-ring (bicyclic) bond motifs is 1. The summed E-state index contributed by atoms with van der Waals surface area (Å²) in [7, 11) is 0. The van der Waals surface area contributed by atoms with Crippen LogP contribution in [0.2, 0.25) is 0 Å². The zero-order valence-corrected chi connectivity index (χ0v) is 16.3. The lowest BCUT2D eigenvalue weighted by molar-refractivity contribution is -0.125. The number of rotatable bonds is 5. The zero-order valence-electron chi connectivity index (χ0n) is 13.9. The molecule has 0 fully saturated rings. The Balaban J connectivity index is 1.47. The maximum absolute atomic E-state index is 12.2. The Morgan fingerprint density at radius 3 is 2.88 bits per heavy atom. The van der Waals surface area contributed by atoms with Crippen molar-refractivity contribution in [3.05, 3.63) is 50.6 Å². The van der Waals surface area contributed by atoms with Gasteiger partial charge in [0.2, 0.25) is 11.8 Å². The van der Waals surface area contributed by atoms with Gasteiger partial charge in [-0.25, -0.2) is 0 Å². The van der Waals surface area contributed by atoms with Gasteiger partial charge in [0.25, 0.3) is 0 Å². The van der Waals surface area contributed by atoms with E-state index in [4.69, 9.17) is 0 Å². The second-order valence-electron chi connectivity index (χ2n) is 6.00. The molecular formula is C18H20BrN3O2S. The smallest absolute Gasteiger partial charge is 0.243 e. The summed E-state index contributed by atoms with van der Waals surface area (Å²) in [6.07, 6.45) is 0.979. The largest absolute Gasteiger partial charge is 0.346 e. The van der Waals surface area contributed by atoms with Crippen LogP contribution < -0.4 is 10.6 Å². The van der Waals surface area contributed by atoms with E-state index in [1.807, 2.05) is 18.2 Å². The van der Waals surface area contributed by atoms with Gasteiger partial charge in [-0.2, -0.15) is 0 Å². The number of amides is 2. The molecule has 0 bridgehead atoms. The SMILES string of the molecule is CC1c2ccsc2CCN1CC(=O)NCC(=O)Nc1ccccc1Br. The van der Waals surface area contributed by atoms with E-state index in [9.17, 15) is 9.59 Å². The maximum Gasteiger partial charge on any atom is 0.243 e. The molecule has 2 heterocycles. The van der Waals surface area contributed by atoms with E-state index in [1.54, 1.807) is 17.4 Å². The molecule has 1 aromatic carbocycles. The van der Waals surface area contributed by atoms with Gasteiger partial charge in [-0.15, -0.1) is 11.3 Å². The standard InChI is InChI=1S/C18H20BrN3O2S/c1-12-13-7-9-25-16(13)6-8-22(12)11-18(24)20-10-17(23)21-15-5-3-2-4-14(15)19/h2-5,7,9,12H,6,8,10-11H2,1H3,(H,20,24)(H,21,23). The van der Waals surface area contributed by atoms with Gasteiger partial charge in [0, 0.05) is 21.9 Å². The molecule has 2 aromatic rings. The van der Waals surface area contributed by atoms with Gasteiger partial charge in [-0.05, 0) is 58.4 Å². The molecule has 0 saturated heterocycles. The second kappa shape index (κ2) is 8.12. The molecule has 1 aliphatic heterocycles. The van der Waals surface area contributed by atoms with Crippen molar-refractivity contribution in [2.45, 2.75) is 19.4 Å². The zero-order chi connectivity index (χ0) is 17.8. The molecule has 1 aromatic heterocycles. The normalized spacial score (nSPS) is 17.0. The number of carbonyl (C=O) groups is 2. The Morgan fingerprint density at radius 1 is 1.28 bits per heavy atom. The van der Waals surface area contributed by atoms with Gasteiger partial charge < -0.3 is 10.6 Å². The fraction of sp³-hybridized carbons (Fsp3) is 0.333. The molecule has 1 atom stereocenters. The minimum atomic E-state index is -0.243. The molecule has 132 valence electrons. The van der Waals surface area contributed by atoms with Gasteiger partial charge in [0.15, 0.2) is 0 Å². The average molecular weight is 422 g/mol. The number of benzene rings is 1. The van der Waals surface area contributed by atoms with Crippen molar-refractivity contribution in [1.29, 1.82) is 0 Å². The third kappa shape index (κ3) is 4.48. The predicted molar refractivity (Wildman–Crippen MR) is 104 cm³/mol. The van der Waals surface area contributed by atoms with E-state index in [-0.39, 0.29) is 24.4 Å². The molecule has 1 aliphatic rings. The van der Waals surface area contributed by atoms with E-state index in [1.165, 1.54) is 10.4 Å². The third-order valence-corrected chi connectivity index (χ3v) is 6.03. The first-order valence-corrected chi connectivity index (χ1v) is 9.83. The highest BCUT2D eigenvalue weighted by Crippen LogP contribution is 2.32. The molecule has 2 amide bonds. The van der Waals surface area contributed by atoms with E-state index < -0.39 is 0 Å². The molecule has 1 unspecified atom stereocenters. The fourth-order valence-electron chi connectivity index (χ4n) is 2.95. The quantitative estimate of drug-likeness (QED) is 0.778. The Morgan fingerprint density at radius 2 is 2.08 bits per heavy atom. The molecule has 5 nitrogen and oxygen atoms in total. The van der Waals surface area contributed by atoms with Crippen LogP contribution in [0, 0.1) is 0 Å². The summed E-state index contributed by atoms with van der Waals surface area (Å²) in [4.78, 5) is 27.7. The lowest BCUT2D eigenvalue weighted by Crippen LogP contribution is -2.43. The highest BCUT2D eigenvalue weighted by molar-refractivity contribution is 9.10. The summed E-state index contributed by atoms with van der Waals surface area (Å²) in [5.41, 5.74) is 2.01. The minimum Gasteiger partial charge on any atom is -0.346 e. The number of carbonyl (C=O) groups excluding carboxylic acids is 2. The van der Waals surface area contributed by atoms with Crippen LogP contribution in [0.1, 0.15) is 23.4 Å². The van der Waals surface area contributed by atoms with E-state index in [0.717, 1.165) is 17.4 Å². The van der Waals surface area contributed by atoms with Crippen molar-refractivity contribution in [1.82, 2.24) is 10.2 Å². The lowest BCUT2D eigenvalue weighted by atomic mass is 10.0. The van der Waals surface area contributed by atoms with E-state index in [2.05, 4.69) is 49.8 Å². The summed E-state index contributed by atoms with van der Waals surface area (Å²) in [5.74, 6) is -0.375. The molecule has 3 rings (SSSR count). The first-order valence-electron chi connectivity index (χ1n) is 8.16. The second-order valence-corrected chi connectivity index (χ2v) is 7.86. The molecule has 25 heavy (non-hydrogen) atoms. The molecule has 2 N–H and O–H groups in total. The molecule has 0 aliphatic carbocycles. The van der Waals surface area contributed by atoms with Crippen LogP contribution in [0.3, 0.4) is 0 Å². The number of nitrogens with zero attached hydrogens (tertiary/aromatic N) is 1. The first kappa shape index (κ1) is 18.1. The number of hydrogen-bond acceptors (Lipinski definition) is 4. The van der Waals surface area contributed by atoms with Crippen molar-refractivity contribution in [3.63, 3.8) is 0 Å². The number of anilines is 1. The van der Waals surface area contributed by atoms with Crippen LogP contribution in [-0.4, -0.2) is 36.3 Å². The lowest BCUT2D eigenvalue weighted by Gasteiger charge is -2.32. The van der Waals surface area contributed by atoms with Gasteiger partial charge in [-0.3, -0.25) is 14.5 Å². The molecule has 0 radical (unpaired) electrons. The Hall–Kier alpha value is -1.70. The van der Waals surface area contributed by atoms with E-state index in [0.29, 0.717) is 12.2 Å². The summed E-state index contributed by atoms with van der Waals surface area (Å²) in [6.45, 7) is 3.26. The van der Waals surface area contributed by atoms with Gasteiger partial charge in [0.1, 0.15) is 0 Å². The number of para-hydroxylation sites is 1. The Labute approximate surface area is 159 Å². The van der Waals surface area contributed by atoms with Crippen molar-refractivity contribution in [2.24, 2.45) is 0 Å². The van der Waals surface area contributed by atoms with Gasteiger partial charge >= 0.3 is 0 Å². The maximum atomic E-state index is 12.2. The Bertz CT molecular complexity index is 777. The number of hydrogen-bond donors (Lipinski definition) is 2. The Kier molecular flexibility index (Phi) is 5.88. The van der Waals surface area contributed by atoms with Crippen molar-refractivity contribution >= 4 is 44.8 Å². The van der Waals surface area contributed by atoms with Crippen LogP contribution in [0.4, 0.5) is 5.69 Å². The predicted octanol–water partition coefficient (Wildman–Crippen LogP) is 3.18. The van der Waals surface area contributed by atoms with Crippen LogP contribution in [0.25, 0.3) is 0 Å². The summed E-state index contributed by atoms with van der Waals surface area (Å²) in [5, 5.41) is 7.59. The monoisotopic (exact) mass is 421 g/mol. The summed E-state index contributed by atoms with van der Waals surface area (Å²) >= 11 is 5.16. The first-order chi connectivity index (χ1) is 12.0. The number of halogens is 1. The minimum absolute atomic E-state index is 0.0356.